The Kier molecular flexibility index (Phi) is 3.43. The molecule has 0 unspecified atom stereocenters. The third-order valence-corrected chi connectivity index (χ3v) is 1.86. The third kappa shape index (κ3) is 4.09. The van der Waals surface area contributed by atoms with Crippen LogP contribution in [-0.4, -0.2) is 15.0 Å². The Balaban J connectivity index is 2.96. The molecular formula is C7H8F2N2O3S. The van der Waals surface area contributed by atoms with E-state index in [9.17, 15) is 17.2 Å². The number of hydrogen-bond donors (Lipinski definition) is 2. The normalized spacial score (nSPS) is 11.5. The summed E-state index contributed by atoms with van der Waals surface area (Å²) in [4.78, 5) is 0. The largest absolute Gasteiger partial charge is 0.433 e. The Hall–Kier alpha value is -1.41. The van der Waals surface area contributed by atoms with Crippen LogP contribution in [0.2, 0.25) is 0 Å². The van der Waals surface area contributed by atoms with Crippen molar-refractivity contribution in [3.63, 3.8) is 0 Å². The van der Waals surface area contributed by atoms with Gasteiger partial charge in [0.05, 0.1) is 5.69 Å². The van der Waals surface area contributed by atoms with Crippen LogP contribution in [0.25, 0.3) is 0 Å². The number of nitrogens with two attached hydrogens (primary N) is 1. The summed E-state index contributed by atoms with van der Waals surface area (Å²) in [7, 11) is -4.01. The second kappa shape index (κ2) is 4.41. The fourth-order valence-corrected chi connectivity index (χ4v) is 1.38. The Labute approximate surface area is 85.0 Å². The van der Waals surface area contributed by atoms with Gasteiger partial charge in [-0.1, -0.05) is 12.1 Å². The molecule has 0 aliphatic heterocycles. The summed E-state index contributed by atoms with van der Waals surface area (Å²) in [5.41, 5.74) is -0.139. The highest BCUT2D eigenvalue weighted by molar-refractivity contribution is 7.90. The number of benzene rings is 1. The molecule has 0 aliphatic carbocycles. The molecule has 0 saturated heterocycles. The average molecular weight is 238 g/mol. The summed E-state index contributed by atoms with van der Waals surface area (Å²) < 4.78 is 51.1. The highest BCUT2D eigenvalue weighted by Gasteiger charge is 2.11. The molecule has 0 bridgehead atoms. The van der Waals surface area contributed by atoms with Gasteiger partial charge >= 0.3 is 6.61 Å². The van der Waals surface area contributed by atoms with Crippen LogP contribution in [0.3, 0.4) is 0 Å². The molecule has 0 saturated carbocycles. The van der Waals surface area contributed by atoms with Crippen molar-refractivity contribution in [2.75, 3.05) is 4.72 Å². The number of alkyl halides is 2. The van der Waals surface area contributed by atoms with E-state index in [4.69, 9.17) is 0 Å². The maximum Gasteiger partial charge on any atom is 0.387 e. The minimum Gasteiger partial charge on any atom is -0.433 e. The first kappa shape index (κ1) is 11.7. The first-order chi connectivity index (χ1) is 6.88. The molecule has 5 nitrogen and oxygen atoms in total. The first-order valence-electron chi connectivity index (χ1n) is 3.73. The maximum absolute atomic E-state index is 11.9. The lowest BCUT2D eigenvalue weighted by atomic mass is 10.3. The molecule has 0 spiro atoms. The molecule has 1 aromatic carbocycles. The van der Waals surface area contributed by atoms with Gasteiger partial charge in [0.1, 0.15) is 5.75 Å². The fourth-order valence-electron chi connectivity index (χ4n) is 0.903. The van der Waals surface area contributed by atoms with E-state index in [1.165, 1.54) is 24.3 Å². The predicted molar refractivity (Wildman–Crippen MR) is 49.8 cm³/mol. The monoisotopic (exact) mass is 238 g/mol. The van der Waals surface area contributed by atoms with Crippen LogP contribution < -0.4 is 14.6 Å². The van der Waals surface area contributed by atoms with Crippen LogP contribution in [0.4, 0.5) is 14.5 Å². The van der Waals surface area contributed by atoms with Crippen molar-refractivity contribution in [1.82, 2.24) is 0 Å². The smallest absolute Gasteiger partial charge is 0.387 e. The summed E-state index contributed by atoms with van der Waals surface area (Å²) >= 11 is 0. The number of para-hydroxylation sites is 2. The molecular weight excluding hydrogens is 230 g/mol. The van der Waals surface area contributed by atoms with Crippen molar-refractivity contribution in [2.24, 2.45) is 5.14 Å². The maximum atomic E-state index is 11.9. The molecule has 0 radical (unpaired) electrons. The zero-order valence-corrected chi connectivity index (χ0v) is 8.17. The highest BCUT2D eigenvalue weighted by atomic mass is 32.2. The molecule has 0 fully saturated rings. The van der Waals surface area contributed by atoms with Gasteiger partial charge in [0, 0.05) is 0 Å². The molecule has 1 rings (SSSR count). The van der Waals surface area contributed by atoms with E-state index >= 15 is 0 Å². The molecule has 0 aliphatic rings. The quantitative estimate of drug-likeness (QED) is 0.817. The summed E-state index contributed by atoms with van der Waals surface area (Å²) in [6.07, 6.45) is 0. The molecule has 0 atom stereocenters. The predicted octanol–water partition coefficient (Wildman–Crippen LogP) is 0.903. The van der Waals surface area contributed by atoms with Gasteiger partial charge in [0.25, 0.3) is 10.2 Å². The lowest BCUT2D eigenvalue weighted by Crippen LogP contribution is -2.22. The van der Waals surface area contributed by atoms with Gasteiger partial charge < -0.3 is 4.74 Å². The fraction of sp³-hybridized carbons (Fsp3) is 0.143. The summed E-state index contributed by atoms with van der Waals surface area (Å²) in [6, 6.07) is 5.32. The molecule has 8 heteroatoms. The molecule has 3 N–H and O–H groups in total. The van der Waals surface area contributed by atoms with Gasteiger partial charge in [0.2, 0.25) is 0 Å². The summed E-state index contributed by atoms with van der Waals surface area (Å²) in [6.45, 7) is -3.03. The van der Waals surface area contributed by atoms with E-state index in [2.05, 4.69) is 9.88 Å². The highest BCUT2D eigenvalue weighted by Crippen LogP contribution is 2.25. The van der Waals surface area contributed by atoms with Crippen molar-refractivity contribution in [3.05, 3.63) is 24.3 Å². The van der Waals surface area contributed by atoms with Gasteiger partial charge in [-0.2, -0.15) is 17.2 Å². The summed E-state index contributed by atoms with van der Waals surface area (Å²) in [5.74, 6) is -0.290. The van der Waals surface area contributed by atoms with Gasteiger partial charge in [-0.15, -0.1) is 0 Å². The molecule has 0 aromatic heterocycles. The van der Waals surface area contributed by atoms with Crippen molar-refractivity contribution >= 4 is 15.9 Å². The first-order valence-corrected chi connectivity index (χ1v) is 5.27. The van der Waals surface area contributed by atoms with Gasteiger partial charge in [0.15, 0.2) is 0 Å². The van der Waals surface area contributed by atoms with Crippen molar-refractivity contribution in [3.8, 4) is 5.75 Å². The van der Waals surface area contributed by atoms with Crippen LogP contribution >= 0.6 is 0 Å². The summed E-state index contributed by atoms with van der Waals surface area (Å²) in [5, 5.41) is 4.69. The second-order valence-electron chi connectivity index (χ2n) is 2.52. The molecule has 84 valence electrons. The number of halogens is 2. The zero-order valence-electron chi connectivity index (χ0n) is 7.35. The zero-order chi connectivity index (χ0) is 11.5. The van der Waals surface area contributed by atoms with Crippen LogP contribution in [-0.2, 0) is 10.2 Å². The molecule has 1 aromatic rings. The average Bonchev–Trinajstić information content (AvgIpc) is 2.05. The number of nitrogens with one attached hydrogen (secondary N) is 1. The lowest BCUT2D eigenvalue weighted by molar-refractivity contribution is -0.0493. The van der Waals surface area contributed by atoms with Crippen molar-refractivity contribution < 1.29 is 21.9 Å². The van der Waals surface area contributed by atoms with Gasteiger partial charge in [-0.05, 0) is 12.1 Å². The third-order valence-electron chi connectivity index (χ3n) is 1.36. The van der Waals surface area contributed by atoms with Crippen LogP contribution in [0.1, 0.15) is 0 Å². The van der Waals surface area contributed by atoms with E-state index in [1.807, 2.05) is 4.72 Å². The van der Waals surface area contributed by atoms with E-state index in [0.717, 1.165) is 0 Å². The Morgan fingerprint density at radius 2 is 1.93 bits per heavy atom. The SMILES string of the molecule is NS(=O)(=O)Nc1ccccc1OC(F)F. The minimum absolute atomic E-state index is 0.139. The van der Waals surface area contributed by atoms with Crippen LogP contribution in [0, 0.1) is 0 Å². The van der Waals surface area contributed by atoms with Crippen LogP contribution in [0.5, 0.6) is 5.75 Å². The van der Waals surface area contributed by atoms with Crippen molar-refractivity contribution in [2.45, 2.75) is 6.61 Å². The number of rotatable bonds is 4. The van der Waals surface area contributed by atoms with Gasteiger partial charge in [-0.25, -0.2) is 5.14 Å². The molecule has 0 amide bonds. The van der Waals surface area contributed by atoms with E-state index in [1.54, 1.807) is 0 Å². The Bertz CT molecular complexity index is 436. The standard InChI is InChI=1S/C7H8F2N2O3S/c8-7(9)14-6-4-2-1-3-5(6)11-15(10,12)13/h1-4,7,11H,(H2,10,12,13). The number of ether oxygens (including phenoxy) is 1. The Morgan fingerprint density at radius 3 is 2.47 bits per heavy atom. The second-order valence-corrected chi connectivity index (χ2v) is 3.82. The topological polar surface area (TPSA) is 81.4 Å². The van der Waals surface area contributed by atoms with E-state index in [0.29, 0.717) is 0 Å². The number of hydrogen-bond acceptors (Lipinski definition) is 3. The van der Waals surface area contributed by atoms with Crippen LogP contribution in [0.15, 0.2) is 24.3 Å². The van der Waals surface area contributed by atoms with Gasteiger partial charge in [-0.3, -0.25) is 4.72 Å². The van der Waals surface area contributed by atoms with E-state index in [-0.39, 0.29) is 11.4 Å². The molecule has 15 heavy (non-hydrogen) atoms. The van der Waals surface area contributed by atoms with E-state index < -0.39 is 16.8 Å². The lowest BCUT2D eigenvalue weighted by Gasteiger charge is -2.10. The van der Waals surface area contributed by atoms with Crippen molar-refractivity contribution in [1.29, 1.82) is 0 Å². The number of anilines is 1. The molecule has 0 heterocycles. The minimum atomic E-state index is -4.01. The Morgan fingerprint density at radius 1 is 1.33 bits per heavy atom.